The van der Waals surface area contributed by atoms with Crippen LogP contribution in [0.15, 0.2) is 42.5 Å². The number of hydrogen-bond donors (Lipinski definition) is 1. The minimum absolute atomic E-state index is 0.174. The molecule has 2 aromatic carbocycles. The van der Waals surface area contributed by atoms with Gasteiger partial charge in [-0.2, -0.15) is 0 Å². The summed E-state index contributed by atoms with van der Waals surface area (Å²) in [5.74, 6) is -0.847. The Morgan fingerprint density at radius 3 is 2.52 bits per heavy atom. The lowest BCUT2D eigenvalue weighted by Crippen LogP contribution is -2.02. The summed E-state index contributed by atoms with van der Waals surface area (Å²) in [4.78, 5) is 0. The van der Waals surface area contributed by atoms with Crippen LogP contribution in [0.2, 0.25) is 0 Å². The van der Waals surface area contributed by atoms with Crippen molar-refractivity contribution in [2.45, 2.75) is 6.61 Å². The Morgan fingerprint density at radius 1 is 1.13 bits per heavy atom. The zero-order valence-corrected chi connectivity index (χ0v) is 12.2. The van der Waals surface area contributed by atoms with E-state index < -0.39 is 11.6 Å². The first-order valence-electron chi connectivity index (χ1n) is 6.78. The topological polar surface area (TPSA) is 60.2 Å². The van der Waals surface area contributed by atoms with Crippen molar-refractivity contribution in [3.63, 3.8) is 0 Å². The van der Waals surface area contributed by atoms with Crippen LogP contribution in [0.3, 0.4) is 0 Å². The Morgan fingerprint density at radius 2 is 1.87 bits per heavy atom. The van der Waals surface area contributed by atoms with Gasteiger partial charge in [-0.05, 0) is 24.3 Å². The fourth-order valence-corrected chi connectivity index (χ4v) is 2.32. The zero-order valence-electron chi connectivity index (χ0n) is 12.2. The summed E-state index contributed by atoms with van der Waals surface area (Å²) < 4.78 is 33.4. The summed E-state index contributed by atoms with van der Waals surface area (Å²) in [7, 11) is 1.53. The van der Waals surface area contributed by atoms with Gasteiger partial charge in [0.2, 0.25) is 0 Å². The lowest BCUT2D eigenvalue weighted by Gasteiger charge is -2.09. The largest absolute Gasteiger partial charge is 0.497 e. The van der Waals surface area contributed by atoms with Crippen LogP contribution in [0.25, 0.3) is 16.9 Å². The van der Waals surface area contributed by atoms with Crippen LogP contribution < -0.4 is 4.74 Å². The maximum atomic E-state index is 13.5. The average Bonchev–Trinajstić information content (AvgIpc) is 2.98. The molecule has 0 amide bonds. The third-order valence-electron chi connectivity index (χ3n) is 3.32. The first-order valence-corrected chi connectivity index (χ1v) is 6.78. The van der Waals surface area contributed by atoms with Gasteiger partial charge in [0.1, 0.15) is 28.8 Å². The van der Waals surface area contributed by atoms with Crippen molar-refractivity contribution in [1.29, 1.82) is 0 Å². The molecule has 5 nitrogen and oxygen atoms in total. The van der Waals surface area contributed by atoms with Crippen LogP contribution in [0, 0.1) is 11.6 Å². The summed E-state index contributed by atoms with van der Waals surface area (Å²) >= 11 is 0. The Balaban J connectivity index is 2.21. The monoisotopic (exact) mass is 317 g/mol. The average molecular weight is 317 g/mol. The van der Waals surface area contributed by atoms with Crippen molar-refractivity contribution in [2.75, 3.05) is 7.11 Å². The Hall–Kier alpha value is -2.80. The van der Waals surface area contributed by atoms with E-state index in [4.69, 9.17) is 4.74 Å². The molecule has 0 saturated carbocycles. The van der Waals surface area contributed by atoms with Crippen molar-refractivity contribution in [3.05, 3.63) is 59.8 Å². The molecule has 0 atom stereocenters. The highest BCUT2D eigenvalue weighted by Gasteiger charge is 2.17. The number of halogens is 2. The van der Waals surface area contributed by atoms with Crippen LogP contribution in [0.5, 0.6) is 5.75 Å². The summed E-state index contributed by atoms with van der Waals surface area (Å²) in [6.45, 7) is -0.357. The van der Waals surface area contributed by atoms with Gasteiger partial charge in [-0.3, -0.25) is 0 Å². The molecule has 0 aliphatic carbocycles. The molecule has 0 radical (unpaired) electrons. The molecule has 1 aromatic heterocycles. The third-order valence-corrected chi connectivity index (χ3v) is 3.32. The van der Waals surface area contributed by atoms with Gasteiger partial charge in [-0.1, -0.05) is 17.3 Å². The van der Waals surface area contributed by atoms with Crippen LogP contribution in [0.4, 0.5) is 8.78 Å². The van der Waals surface area contributed by atoms with E-state index >= 15 is 0 Å². The van der Waals surface area contributed by atoms with E-state index in [1.54, 1.807) is 24.3 Å². The predicted molar refractivity (Wildman–Crippen MR) is 79.2 cm³/mol. The first kappa shape index (κ1) is 15.1. The van der Waals surface area contributed by atoms with E-state index in [1.165, 1.54) is 11.8 Å². The molecule has 3 rings (SSSR count). The van der Waals surface area contributed by atoms with Gasteiger partial charge in [-0.15, -0.1) is 5.10 Å². The molecule has 1 N–H and O–H groups in total. The van der Waals surface area contributed by atoms with Crippen LogP contribution in [-0.2, 0) is 6.61 Å². The van der Waals surface area contributed by atoms with Crippen LogP contribution in [0.1, 0.15) is 5.69 Å². The van der Waals surface area contributed by atoms with Crippen molar-refractivity contribution in [2.24, 2.45) is 0 Å². The third kappa shape index (κ3) is 2.91. The highest BCUT2D eigenvalue weighted by atomic mass is 19.1. The number of rotatable bonds is 4. The van der Waals surface area contributed by atoms with Gasteiger partial charge in [0, 0.05) is 11.6 Å². The molecular formula is C16H13F2N3O2. The van der Waals surface area contributed by atoms with E-state index in [1.807, 2.05) is 0 Å². The molecule has 0 saturated heterocycles. The van der Waals surface area contributed by atoms with E-state index in [0.29, 0.717) is 22.7 Å². The molecule has 0 aliphatic rings. The molecule has 23 heavy (non-hydrogen) atoms. The molecule has 0 unspecified atom stereocenters. The molecule has 0 aliphatic heterocycles. The number of ether oxygens (including phenoxy) is 1. The molecule has 0 bridgehead atoms. The fourth-order valence-electron chi connectivity index (χ4n) is 2.32. The maximum absolute atomic E-state index is 13.5. The number of aromatic nitrogens is 3. The van der Waals surface area contributed by atoms with Crippen LogP contribution >= 0.6 is 0 Å². The highest BCUT2D eigenvalue weighted by Crippen LogP contribution is 2.28. The molecule has 3 aromatic rings. The van der Waals surface area contributed by atoms with E-state index in [9.17, 15) is 13.9 Å². The standard InChI is InChI=1S/C16H13F2N3O2/c1-23-14-4-2-3-10(5-14)16-15(9-22)19-20-21(16)13-7-11(17)6-12(18)8-13/h2-8,22H,9H2,1H3. The van der Waals surface area contributed by atoms with E-state index in [0.717, 1.165) is 18.2 Å². The Kier molecular flexibility index (Phi) is 4.03. The quantitative estimate of drug-likeness (QED) is 0.804. The van der Waals surface area contributed by atoms with Crippen molar-refractivity contribution >= 4 is 0 Å². The lowest BCUT2D eigenvalue weighted by molar-refractivity contribution is 0.277. The normalized spacial score (nSPS) is 10.8. The van der Waals surface area contributed by atoms with Crippen LogP contribution in [-0.4, -0.2) is 27.2 Å². The van der Waals surface area contributed by atoms with Gasteiger partial charge in [0.25, 0.3) is 0 Å². The van der Waals surface area contributed by atoms with Gasteiger partial charge >= 0.3 is 0 Å². The molecule has 0 fully saturated rings. The number of aliphatic hydroxyl groups is 1. The number of aliphatic hydroxyl groups excluding tert-OH is 1. The summed E-state index contributed by atoms with van der Waals surface area (Å²) in [6, 6.07) is 10.1. The molecule has 7 heteroatoms. The maximum Gasteiger partial charge on any atom is 0.128 e. The molecule has 1 heterocycles. The SMILES string of the molecule is COc1cccc(-c2c(CO)nnn2-c2cc(F)cc(F)c2)c1. The Labute approximate surface area is 130 Å². The number of methoxy groups -OCH3 is 1. The predicted octanol–water partition coefficient (Wildman–Crippen LogP) is 2.71. The fraction of sp³-hybridized carbons (Fsp3) is 0.125. The summed E-state index contributed by atoms with van der Waals surface area (Å²) in [5, 5.41) is 17.3. The second kappa shape index (κ2) is 6.13. The smallest absolute Gasteiger partial charge is 0.128 e. The van der Waals surface area contributed by atoms with E-state index in [-0.39, 0.29) is 12.3 Å². The zero-order chi connectivity index (χ0) is 16.4. The first-order chi connectivity index (χ1) is 11.1. The number of nitrogens with zero attached hydrogens (tertiary/aromatic N) is 3. The second-order valence-electron chi connectivity index (χ2n) is 4.81. The highest BCUT2D eigenvalue weighted by molar-refractivity contribution is 5.65. The van der Waals surface area contributed by atoms with E-state index in [2.05, 4.69) is 10.3 Å². The minimum Gasteiger partial charge on any atom is -0.497 e. The molecule has 0 spiro atoms. The van der Waals surface area contributed by atoms with Gasteiger partial charge in [0.05, 0.1) is 19.4 Å². The van der Waals surface area contributed by atoms with Crippen molar-refractivity contribution in [1.82, 2.24) is 15.0 Å². The van der Waals surface area contributed by atoms with Crippen molar-refractivity contribution in [3.8, 4) is 22.7 Å². The minimum atomic E-state index is -0.724. The Bertz CT molecular complexity index is 829. The lowest BCUT2D eigenvalue weighted by atomic mass is 10.1. The number of hydrogen-bond acceptors (Lipinski definition) is 4. The number of benzene rings is 2. The second-order valence-corrected chi connectivity index (χ2v) is 4.81. The molecule has 118 valence electrons. The molecular weight excluding hydrogens is 304 g/mol. The van der Waals surface area contributed by atoms with Gasteiger partial charge < -0.3 is 9.84 Å². The van der Waals surface area contributed by atoms with Gasteiger partial charge in [-0.25, -0.2) is 13.5 Å². The summed E-state index contributed by atoms with van der Waals surface area (Å²) in [6.07, 6.45) is 0. The summed E-state index contributed by atoms with van der Waals surface area (Å²) in [5.41, 5.74) is 1.56. The van der Waals surface area contributed by atoms with Gasteiger partial charge in [0.15, 0.2) is 0 Å². The van der Waals surface area contributed by atoms with Crippen molar-refractivity contribution < 1.29 is 18.6 Å².